The Bertz CT molecular complexity index is 565. The third kappa shape index (κ3) is 3.25. The molecule has 0 bridgehead atoms. The highest BCUT2D eigenvalue weighted by atomic mass is 16.5. The van der Waals surface area contributed by atoms with Gasteiger partial charge in [0.15, 0.2) is 0 Å². The summed E-state index contributed by atoms with van der Waals surface area (Å²) in [5.41, 5.74) is 6.83. The molecule has 0 radical (unpaired) electrons. The van der Waals surface area contributed by atoms with Gasteiger partial charge in [0, 0.05) is 7.05 Å². The number of carbonyl (C=O) groups excluding carboxylic acids is 1. The van der Waals surface area contributed by atoms with Gasteiger partial charge < -0.3 is 20.4 Å². The third-order valence-corrected chi connectivity index (χ3v) is 2.61. The van der Waals surface area contributed by atoms with E-state index in [1.807, 2.05) is 12.1 Å². The Morgan fingerprint density at radius 1 is 1.47 bits per heavy atom. The molecule has 0 fully saturated rings. The van der Waals surface area contributed by atoms with Gasteiger partial charge in [-0.05, 0) is 12.1 Å². The second-order valence-corrected chi connectivity index (χ2v) is 4.03. The van der Waals surface area contributed by atoms with Crippen molar-refractivity contribution >= 4 is 11.6 Å². The van der Waals surface area contributed by atoms with Crippen molar-refractivity contribution < 1.29 is 9.53 Å². The van der Waals surface area contributed by atoms with E-state index in [0.717, 1.165) is 0 Å². The summed E-state index contributed by atoms with van der Waals surface area (Å²) < 4.78 is 7.13. The average Bonchev–Trinajstić information content (AvgIpc) is 2.82. The van der Waals surface area contributed by atoms with Gasteiger partial charge in [0.05, 0.1) is 24.8 Å². The molecule has 0 aliphatic carbocycles. The molecule has 0 aliphatic rings. The van der Waals surface area contributed by atoms with E-state index >= 15 is 0 Å². The maximum Gasteiger partial charge on any atom is 0.269 e. The third-order valence-electron chi connectivity index (χ3n) is 2.61. The van der Waals surface area contributed by atoms with Crippen LogP contribution in [0.15, 0.2) is 36.8 Å². The van der Waals surface area contributed by atoms with E-state index < -0.39 is 0 Å². The number of nitrogens with two attached hydrogens (primary N) is 1. The number of carbonyl (C=O) groups is 1. The van der Waals surface area contributed by atoms with E-state index in [1.54, 1.807) is 30.1 Å². The van der Waals surface area contributed by atoms with E-state index in [2.05, 4.69) is 10.3 Å². The van der Waals surface area contributed by atoms with Gasteiger partial charge in [0.25, 0.3) is 5.91 Å². The van der Waals surface area contributed by atoms with Gasteiger partial charge in [-0.2, -0.15) is 0 Å². The second-order valence-electron chi connectivity index (χ2n) is 4.03. The van der Waals surface area contributed by atoms with Crippen LogP contribution in [0.3, 0.4) is 0 Å². The van der Waals surface area contributed by atoms with Gasteiger partial charge in [-0.3, -0.25) is 4.79 Å². The minimum absolute atomic E-state index is 0.176. The number of hydrogen-bond donors (Lipinski definition) is 2. The molecule has 0 spiro atoms. The number of nitrogen functional groups attached to an aromatic ring is 1. The largest absolute Gasteiger partial charge is 0.490 e. The first-order valence-electron chi connectivity index (χ1n) is 5.90. The van der Waals surface area contributed by atoms with E-state index in [1.165, 1.54) is 6.20 Å². The van der Waals surface area contributed by atoms with Crippen LogP contribution in [0.1, 0.15) is 10.5 Å². The van der Waals surface area contributed by atoms with Crippen molar-refractivity contribution in [2.45, 2.75) is 0 Å². The predicted octanol–water partition coefficient (Wildman–Crippen LogP) is 0.811. The van der Waals surface area contributed by atoms with Gasteiger partial charge in [-0.15, -0.1) is 0 Å². The molecular formula is C13H16N4O2. The summed E-state index contributed by atoms with van der Waals surface area (Å²) in [5, 5.41) is 2.75. The molecule has 6 heteroatoms. The van der Waals surface area contributed by atoms with Crippen molar-refractivity contribution in [2.24, 2.45) is 7.05 Å². The Labute approximate surface area is 111 Å². The minimum atomic E-state index is -0.176. The number of nitrogens with zero attached hydrogens (tertiary/aromatic N) is 2. The fourth-order valence-electron chi connectivity index (χ4n) is 1.60. The SMILES string of the molecule is Cn1cncc1C(=O)NCCOc1ccccc1N. The molecule has 0 aliphatic heterocycles. The summed E-state index contributed by atoms with van der Waals surface area (Å²) in [4.78, 5) is 15.6. The fourth-order valence-corrected chi connectivity index (χ4v) is 1.60. The Kier molecular flexibility index (Phi) is 4.02. The van der Waals surface area contributed by atoms with Crippen LogP contribution in [-0.4, -0.2) is 28.6 Å². The van der Waals surface area contributed by atoms with E-state index in [4.69, 9.17) is 10.5 Å². The zero-order valence-corrected chi connectivity index (χ0v) is 10.7. The molecule has 3 N–H and O–H groups in total. The van der Waals surface area contributed by atoms with Crippen LogP contribution in [0.5, 0.6) is 5.75 Å². The van der Waals surface area contributed by atoms with Gasteiger partial charge in [-0.25, -0.2) is 4.98 Å². The maximum absolute atomic E-state index is 11.8. The van der Waals surface area contributed by atoms with Gasteiger partial charge in [-0.1, -0.05) is 12.1 Å². The number of imidazole rings is 1. The lowest BCUT2D eigenvalue weighted by atomic mass is 10.3. The summed E-state index contributed by atoms with van der Waals surface area (Å²) in [6.45, 7) is 0.760. The molecule has 1 aromatic carbocycles. The van der Waals surface area contributed by atoms with Crippen LogP contribution < -0.4 is 15.8 Å². The lowest BCUT2D eigenvalue weighted by Gasteiger charge is -2.09. The summed E-state index contributed by atoms with van der Waals surface area (Å²) in [6, 6.07) is 7.24. The van der Waals surface area contributed by atoms with Crippen molar-refractivity contribution in [1.29, 1.82) is 0 Å². The molecule has 2 aromatic rings. The van der Waals surface area contributed by atoms with Crippen LogP contribution in [0.2, 0.25) is 0 Å². The molecule has 0 atom stereocenters. The van der Waals surface area contributed by atoms with Crippen LogP contribution >= 0.6 is 0 Å². The smallest absolute Gasteiger partial charge is 0.269 e. The average molecular weight is 260 g/mol. The number of rotatable bonds is 5. The highest BCUT2D eigenvalue weighted by Crippen LogP contribution is 2.19. The quantitative estimate of drug-likeness (QED) is 0.615. The van der Waals surface area contributed by atoms with Crippen LogP contribution in [-0.2, 0) is 7.05 Å². The molecule has 2 rings (SSSR count). The number of aryl methyl sites for hydroxylation is 1. The summed E-state index contributed by atoms with van der Waals surface area (Å²) >= 11 is 0. The lowest BCUT2D eigenvalue weighted by Crippen LogP contribution is -2.29. The van der Waals surface area contributed by atoms with Crippen LogP contribution in [0, 0.1) is 0 Å². The summed E-state index contributed by atoms with van der Waals surface area (Å²) in [6.07, 6.45) is 3.10. The van der Waals surface area contributed by atoms with Crippen molar-refractivity contribution in [3.05, 3.63) is 42.5 Å². The standard InChI is InChI=1S/C13H16N4O2/c1-17-9-15-8-11(17)13(18)16-6-7-19-12-5-3-2-4-10(12)14/h2-5,8-9H,6-7,14H2,1H3,(H,16,18). The van der Waals surface area contributed by atoms with Crippen molar-refractivity contribution in [2.75, 3.05) is 18.9 Å². The van der Waals surface area contributed by atoms with Crippen LogP contribution in [0.4, 0.5) is 5.69 Å². The van der Waals surface area contributed by atoms with Crippen molar-refractivity contribution in [3.63, 3.8) is 0 Å². The van der Waals surface area contributed by atoms with E-state index in [-0.39, 0.29) is 5.91 Å². The van der Waals surface area contributed by atoms with Gasteiger partial charge in [0.2, 0.25) is 0 Å². The number of hydrogen-bond acceptors (Lipinski definition) is 4. The Hall–Kier alpha value is -2.50. The number of ether oxygens (including phenoxy) is 1. The molecule has 100 valence electrons. The number of nitrogens with one attached hydrogen (secondary N) is 1. The molecule has 0 saturated heterocycles. The fraction of sp³-hybridized carbons (Fsp3) is 0.231. The maximum atomic E-state index is 11.8. The number of anilines is 1. The molecule has 1 amide bonds. The first kappa shape index (κ1) is 12.9. The summed E-state index contributed by atoms with van der Waals surface area (Å²) in [7, 11) is 1.77. The number of aromatic nitrogens is 2. The zero-order valence-electron chi connectivity index (χ0n) is 10.7. The molecule has 19 heavy (non-hydrogen) atoms. The summed E-state index contributed by atoms with van der Waals surface area (Å²) in [5.74, 6) is 0.446. The molecule has 0 unspecified atom stereocenters. The van der Waals surface area contributed by atoms with Crippen LogP contribution in [0.25, 0.3) is 0 Å². The molecule has 6 nitrogen and oxygen atoms in total. The Morgan fingerprint density at radius 2 is 2.26 bits per heavy atom. The van der Waals surface area contributed by atoms with Gasteiger partial charge >= 0.3 is 0 Å². The highest BCUT2D eigenvalue weighted by molar-refractivity contribution is 5.92. The van der Waals surface area contributed by atoms with Crippen molar-refractivity contribution in [3.8, 4) is 5.75 Å². The van der Waals surface area contributed by atoms with E-state index in [0.29, 0.717) is 30.3 Å². The minimum Gasteiger partial charge on any atom is -0.490 e. The predicted molar refractivity (Wildman–Crippen MR) is 71.9 cm³/mol. The molecular weight excluding hydrogens is 244 g/mol. The highest BCUT2D eigenvalue weighted by Gasteiger charge is 2.08. The number of para-hydroxylation sites is 2. The zero-order chi connectivity index (χ0) is 13.7. The lowest BCUT2D eigenvalue weighted by molar-refractivity contribution is 0.0939. The number of amides is 1. The molecule has 0 saturated carbocycles. The number of benzene rings is 1. The normalized spacial score (nSPS) is 10.2. The Morgan fingerprint density at radius 3 is 2.95 bits per heavy atom. The second kappa shape index (κ2) is 5.90. The monoisotopic (exact) mass is 260 g/mol. The first-order valence-corrected chi connectivity index (χ1v) is 5.90. The van der Waals surface area contributed by atoms with E-state index in [9.17, 15) is 4.79 Å². The molecule has 1 heterocycles. The first-order chi connectivity index (χ1) is 9.18. The molecule has 1 aromatic heterocycles. The Balaban J connectivity index is 1.77. The van der Waals surface area contributed by atoms with Gasteiger partial charge in [0.1, 0.15) is 18.1 Å². The topological polar surface area (TPSA) is 82.2 Å². The van der Waals surface area contributed by atoms with Crippen molar-refractivity contribution in [1.82, 2.24) is 14.9 Å².